The molecule has 1 heterocycles. The van der Waals surface area contributed by atoms with Gasteiger partial charge in [-0.15, -0.1) is 0 Å². The maximum atomic E-state index is 6.28. The van der Waals surface area contributed by atoms with Crippen LogP contribution in [0.1, 0.15) is 144 Å². The predicted molar refractivity (Wildman–Crippen MR) is 130 cm³/mol. The van der Waals surface area contributed by atoms with Crippen molar-refractivity contribution in [3.05, 3.63) is 0 Å². The molecule has 0 radical (unpaired) electrons. The van der Waals surface area contributed by atoms with Crippen LogP contribution in [0, 0.1) is 5.92 Å². The van der Waals surface area contributed by atoms with Crippen LogP contribution in [0.15, 0.2) is 0 Å². The van der Waals surface area contributed by atoms with Crippen molar-refractivity contribution >= 4 is 0 Å². The maximum absolute atomic E-state index is 6.28. The van der Waals surface area contributed by atoms with Crippen LogP contribution >= 0.6 is 0 Å². The zero-order chi connectivity index (χ0) is 21.4. The molecule has 0 spiro atoms. The molecule has 0 bridgehead atoms. The van der Waals surface area contributed by atoms with E-state index in [0.717, 1.165) is 13.0 Å². The van der Waals surface area contributed by atoms with E-state index in [4.69, 9.17) is 4.74 Å². The molecule has 0 aromatic rings. The van der Waals surface area contributed by atoms with Crippen LogP contribution in [0.25, 0.3) is 0 Å². The summed E-state index contributed by atoms with van der Waals surface area (Å²) in [5.74, 6) is 0.615. The van der Waals surface area contributed by atoms with Gasteiger partial charge in [-0.1, -0.05) is 110 Å². The Balaban J connectivity index is 1.82. The zero-order valence-electron chi connectivity index (χ0n) is 20.9. The number of unbranched alkanes of at least 4 members (excludes halogenated alkanes) is 15. The van der Waals surface area contributed by atoms with E-state index in [9.17, 15) is 0 Å². The smallest absolute Gasteiger partial charge is 0.0632 e. The predicted octanol–water partition coefficient (Wildman–Crippen LogP) is 8.43. The molecule has 3 unspecified atom stereocenters. The fourth-order valence-corrected chi connectivity index (χ4v) is 4.91. The molecule has 0 saturated carbocycles. The van der Waals surface area contributed by atoms with Gasteiger partial charge in [0.2, 0.25) is 0 Å². The van der Waals surface area contributed by atoms with E-state index >= 15 is 0 Å². The summed E-state index contributed by atoms with van der Waals surface area (Å²) in [4.78, 5) is 0. The summed E-state index contributed by atoms with van der Waals surface area (Å²) in [5, 5.41) is 3.71. The van der Waals surface area contributed by atoms with E-state index in [-0.39, 0.29) is 5.54 Å². The number of ether oxygens (including phenoxy) is 1. The molecular weight excluding hydrogens is 354 g/mol. The van der Waals surface area contributed by atoms with Gasteiger partial charge in [-0.2, -0.15) is 0 Å². The van der Waals surface area contributed by atoms with Crippen molar-refractivity contribution in [3.8, 4) is 0 Å². The Bertz CT molecular complexity index is 368. The zero-order valence-corrected chi connectivity index (χ0v) is 20.9. The summed E-state index contributed by atoms with van der Waals surface area (Å²) in [6.45, 7) is 12.5. The van der Waals surface area contributed by atoms with Gasteiger partial charge in [0.15, 0.2) is 0 Å². The van der Waals surface area contributed by atoms with Crippen molar-refractivity contribution in [3.63, 3.8) is 0 Å². The first-order chi connectivity index (χ1) is 14.0. The highest BCUT2D eigenvalue weighted by Gasteiger charge is 2.36. The molecule has 29 heavy (non-hydrogen) atoms. The third kappa shape index (κ3) is 13.8. The van der Waals surface area contributed by atoms with Crippen molar-refractivity contribution in [1.82, 2.24) is 5.32 Å². The van der Waals surface area contributed by atoms with Gasteiger partial charge in [0.25, 0.3) is 0 Å². The van der Waals surface area contributed by atoms with Crippen molar-refractivity contribution < 1.29 is 4.74 Å². The van der Waals surface area contributed by atoms with Gasteiger partial charge in [-0.25, -0.2) is 0 Å². The monoisotopic (exact) mass is 409 g/mol. The minimum Gasteiger partial charge on any atom is -0.378 e. The first-order valence-corrected chi connectivity index (χ1v) is 13.4. The molecule has 1 saturated heterocycles. The SMILES string of the molecule is CCCCCCCCCCCCCCCCCCOC1CC(C)(C)NC(C)C1C. The highest BCUT2D eigenvalue weighted by molar-refractivity contribution is 4.94. The molecular formula is C27H55NO. The Hall–Kier alpha value is -0.0800. The van der Waals surface area contributed by atoms with E-state index in [1.54, 1.807) is 0 Å². The normalized spacial score (nSPS) is 24.1. The average molecular weight is 410 g/mol. The molecule has 2 heteroatoms. The summed E-state index contributed by atoms with van der Waals surface area (Å²) in [7, 11) is 0. The Kier molecular flexibility index (Phi) is 15.4. The molecule has 1 aliphatic rings. The highest BCUT2D eigenvalue weighted by Crippen LogP contribution is 2.29. The minimum absolute atomic E-state index is 0.214. The van der Waals surface area contributed by atoms with E-state index < -0.39 is 0 Å². The Morgan fingerprint density at radius 3 is 1.55 bits per heavy atom. The molecule has 0 aliphatic carbocycles. The van der Waals surface area contributed by atoms with E-state index in [1.165, 1.54) is 103 Å². The van der Waals surface area contributed by atoms with Crippen molar-refractivity contribution in [2.45, 2.75) is 161 Å². The van der Waals surface area contributed by atoms with Gasteiger partial charge in [-0.05, 0) is 39.5 Å². The number of piperidine rings is 1. The lowest BCUT2D eigenvalue weighted by molar-refractivity contribution is -0.0397. The Labute approximate surface area is 184 Å². The lowest BCUT2D eigenvalue weighted by Gasteiger charge is -2.44. The molecule has 0 amide bonds. The summed E-state index contributed by atoms with van der Waals surface area (Å²) >= 11 is 0. The molecule has 0 aromatic carbocycles. The third-order valence-corrected chi connectivity index (χ3v) is 7.03. The Morgan fingerprint density at radius 2 is 1.10 bits per heavy atom. The first-order valence-electron chi connectivity index (χ1n) is 13.4. The van der Waals surface area contributed by atoms with Gasteiger partial charge in [0.05, 0.1) is 6.10 Å². The topological polar surface area (TPSA) is 21.3 Å². The minimum atomic E-state index is 0.214. The lowest BCUT2D eigenvalue weighted by Crippen LogP contribution is -2.57. The quantitative estimate of drug-likeness (QED) is 0.229. The summed E-state index contributed by atoms with van der Waals surface area (Å²) in [6.07, 6.45) is 24.4. The largest absolute Gasteiger partial charge is 0.378 e. The van der Waals surface area contributed by atoms with Crippen LogP contribution in [-0.4, -0.2) is 24.3 Å². The van der Waals surface area contributed by atoms with Crippen LogP contribution < -0.4 is 5.32 Å². The lowest BCUT2D eigenvalue weighted by atomic mass is 9.81. The van der Waals surface area contributed by atoms with Gasteiger partial charge in [0, 0.05) is 18.2 Å². The number of nitrogens with one attached hydrogen (secondary N) is 1. The van der Waals surface area contributed by atoms with Gasteiger partial charge < -0.3 is 10.1 Å². The Morgan fingerprint density at radius 1 is 0.690 bits per heavy atom. The van der Waals surface area contributed by atoms with Crippen LogP contribution in [0.2, 0.25) is 0 Å². The van der Waals surface area contributed by atoms with Crippen LogP contribution in [-0.2, 0) is 4.74 Å². The molecule has 3 atom stereocenters. The summed E-state index contributed by atoms with van der Waals surface area (Å²) in [6, 6.07) is 0.551. The molecule has 1 rings (SSSR count). The van der Waals surface area contributed by atoms with Crippen molar-refractivity contribution in [2.75, 3.05) is 6.61 Å². The van der Waals surface area contributed by atoms with Gasteiger partial charge in [-0.3, -0.25) is 0 Å². The van der Waals surface area contributed by atoms with Crippen LogP contribution in [0.5, 0.6) is 0 Å². The fourth-order valence-electron chi connectivity index (χ4n) is 4.91. The second-order valence-electron chi connectivity index (χ2n) is 10.6. The molecule has 1 N–H and O–H groups in total. The number of hydrogen-bond donors (Lipinski definition) is 1. The summed E-state index contributed by atoms with van der Waals surface area (Å²) in [5.41, 5.74) is 0.214. The highest BCUT2D eigenvalue weighted by atomic mass is 16.5. The molecule has 1 aliphatic heterocycles. The van der Waals surface area contributed by atoms with Gasteiger partial charge in [0.1, 0.15) is 0 Å². The fraction of sp³-hybridized carbons (Fsp3) is 1.00. The summed E-state index contributed by atoms with van der Waals surface area (Å²) < 4.78 is 6.28. The number of rotatable bonds is 18. The molecule has 2 nitrogen and oxygen atoms in total. The third-order valence-electron chi connectivity index (χ3n) is 7.03. The van der Waals surface area contributed by atoms with Gasteiger partial charge >= 0.3 is 0 Å². The molecule has 0 aromatic heterocycles. The van der Waals surface area contributed by atoms with Crippen LogP contribution in [0.4, 0.5) is 0 Å². The first kappa shape index (κ1) is 27.0. The average Bonchev–Trinajstić information content (AvgIpc) is 2.67. The van der Waals surface area contributed by atoms with E-state index in [0.29, 0.717) is 18.1 Å². The van der Waals surface area contributed by atoms with E-state index in [2.05, 4.69) is 39.9 Å². The second-order valence-corrected chi connectivity index (χ2v) is 10.6. The maximum Gasteiger partial charge on any atom is 0.0632 e. The van der Waals surface area contributed by atoms with Crippen molar-refractivity contribution in [1.29, 1.82) is 0 Å². The van der Waals surface area contributed by atoms with Crippen molar-refractivity contribution in [2.24, 2.45) is 5.92 Å². The molecule has 1 fully saturated rings. The van der Waals surface area contributed by atoms with E-state index in [1.807, 2.05) is 0 Å². The number of hydrogen-bond acceptors (Lipinski definition) is 2. The molecule has 174 valence electrons. The standard InChI is InChI=1S/C27H55NO/c1-6-7-8-9-10-11-12-13-14-15-16-17-18-19-20-21-22-29-26-23-27(4,5)28-25(3)24(26)2/h24-26,28H,6-23H2,1-5H3. The second kappa shape index (κ2) is 16.6. The van der Waals surface area contributed by atoms with Crippen LogP contribution in [0.3, 0.4) is 0 Å².